The summed E-state index contributed by atoms with van der Waals surface area (Å²) in [4.78, 5) is 17.4. The zero-order valence-corrected chi connectivity index (χ0v) is 21.2. The largest absolute Gasteiger partial charge is 0.379 e. The second kappa shape index (κ2) is 9.69. The van der Waals surface area contributed by atoms with Gasteiger partial charge < -0.3 is 9.50 Å². The molecular weight excluding hydrogens is 548 g/mol. The van der Waals surface area contributed by atoms with Crippen LogP contribution in [-0.4, -0.2) is 19.5 Å². The first-order chi connectivity index (χ1) is 16.9. The smallest absolute Gasteiger partial charge is 0.339 e. The van der Waals surface area contributed by atoms with Crippen molar-refractivity contribution < 1.29 is 17.4 Å². The van der Waals surface area contributed by atoms with Gasteiger partial charge >= 0.3 is 10.1 Å². The number of amides is 1. The standard InChI is InChI=1S/C26H17BrN2O4S2/c27-20-9-11-21(12-10-20)28-26-29-25(30)24(34-26)15-17-4-3-7-22(14-17)33-35(31,32)23-13-8-18-5-1-2-6-19(18)16-23/h1-16H,(H,28,29,30)/b24-15-. The van der Waals surface area contributed by atoms with Crippen molar-refractivity contribution in [3.63, 3.8) is 0 Å². The van der Waals surface area contributed by atoms with Crippen LogP contribution in [0, 0.1) is 0 Å². The molecule has 1 aliphatic rings. The summed E-state index contributed by atoms with van der Waals surface area (Å²) in [5.41, 5.74) is 1.34. The lowest BCUT2D eigenvalue weighted by Gasteiger charge is -2.08. The molecule has 5 rings (SSSR count). The van der Waals surface area contributed by atoms with Crippen LogP contribution in [0.15, 0.2) is 110 Å². The highest BCUT2D eigenvalue weighted by Gasteiger charge is 2.24. The Labute approximate surface area is 215 Å². The fourth-order valence-electron chi connectivity index (χ4n) is 3.42. The first-order valence-corrected chi connectivity index (χ1v) is 13.5. The Bertz CT molecular complexity index is 1610. The number of aliphatic imine (C=N–C) groups is 1. The van der Waals surface area contributed by atoms with E-state index in [9.17, 15) is 13.2 Å². The molecule has 35 heavy (non-hydrogen) atoms. The second-order valence-electron chi connectivity index (χ2n) is 7.58. The summed E-state index contributed by atoms with van der Waals surface area (Å²) in [5, 5.41) is 4.96. The maximum atomic E-state index is 12.9. The lowest BCUT2D eigenvalue weighted by molar-refractivity contribution is -0.115. The number of rotatable bonds is 5. The van der Waals surface area contributed by atoms with Crippen molar-refractivity contribution >= 4 is 71.4 Å². The molecule has 0 unspecified atom stereocenters. The van der Waals surface area contributed by atoms with Crippen LogP contribution >= 0.6 is 27.7 Å². The molecule has 0 saturated carbocycles. The van der Waals surface area contributed by atoms with Gasteiger partial charge in [-0.3, -0.25) is 4.79 Å². The van der Waals surface area contributed by atoms with Gasteiger partial charge in [-0.25, -0.2) is 4.99 Å². The highest BCUT2D eigenvalue weighted by Crippen LogP contribution is 2.30. The van der Waals surface area contributed by atoms with Gasteiger partial charge in [-0.1, -0.05) is 58.4 Å². The predicted molar refractivity (Wildman–Crippen MR) is 143 cm³/mol. The molecule has 0 aliphatic carbocycles. The summed E-state index contributed by atoms with van der Waals surface area (Å²) in [6.45, 7) is 0. The first-order valence-electron chi connectivity index (χ1n) is 10.4. The van der Waals surface area contributed by atoms with Crippen molar-refractivity contribution in [1.82, 2.24) is 5.32 Å². The third-order valence-electron chi connectivity index (χ3n) is 5.08. The van der Waals surface area contributed by atoms with E-state index >= 15 is 0 Å². The van der Waals surface area contributed by atoms with Crippen molar-refractivity contribution in [3.05, 3.63) is 106 Å². The molecule has 0 radical (unpaired) electrons. The molecule has 0 bridgehead atoms. The normalized spacial score (nSPS) is 16.1. The van der Waals surface area contributed by atoms with Gasteiger partial charge in [-0.15, -0.1) is 0 Å². The van der Waals surface area contributed by atoms with Gasteiger partial charge in [-0.05, 0) is 82.7 Å². The summed E-state index contributed by atoms with van der Waals surface area (Å²) in [7, 11) is -4.03. The Morgan fingerprint density at radius 1 is 0.886 bits per heavy atom. The van der Waals surface area contributed by atoms with E-state index in [2.05, 4.69) is 26.2 Å². The van der Waals surface area contributed by atoms with E-state index in [1.807, 2.05) is 48.5 Å². The van der Waals surface area contributed by atoms with Crippen LogP contribution in [0.4, 0.5) is 5.69 Å². The quantitative estimate of drug-likeness (QED) is 0.228. The highest BCUT2D eigenvalue weighted by atomic mass is 79.9. The van der Waals surface area contributed by atoms with Crippen LogP contribution in [0.2, 0.25) is 0 Å². The van der Waals surface area contributed by atoms with Crippen LogP contribution in [0.25, 0.3) is 16.8 Å². The third kappa shape index (κ3) is 5.48. The average molecular weight is 565 g/mol. The number of halogens is 1. The first kappa shape index (κ1) is 23.3. The zero-order chi connectivity index (χ0) is 24.4. The highest BCUT2D eigenvalue weighted by molar-refractivity contribution is 9.10. The number of fused-ring (bicyclic) bond motifs is 1. The van der Waals surface area contributed by atoms with E-state index in [-0.39, 0.29) is 16.6 Å². The molecule has 174 valence electrons. The SMILES string of the molecule is O=C1NC(=Nc2ccc(Br)cc2)S/C1=C\c1cccc(OS(=O)(=O)c2ccc3ccccc3c2)c1. The summed E-state index contributed by atoms with van der Waals surface area (Å²) >= 11 is 4.59. The lowest BCUT2D eigenvalue weighted by atomic mass is 10.1. The van der Waals surface area contributed by atoms with Crippen molar-refractivity contribution in [2.24, 2.45) is 4.99 Å². The minimum Gasteiger partial charge on any atom is -0.379 e. The number of carbonyl (C=O) groups is 1. The van der Waals surface area contributed by atoms with Crippen LogP contribution in [0.3, 0.4) is 0 Å². The molecule has 1 fully saturated rings. The minimum absolute atomic E-state index is 0.0690. The molecule has 1 aliphatic heterocycles. The van der Waals surface area contributed by atoms with Gasteiger partial charge in [0.2, 0.25) is 0 Å². The van der Waals surface area contributed by atoms with Crippen LogP contribution in [-0.2, 0) is 14.9 Å². The van der Waals surface area contributed by atoms with Crippen molar-refractivity contribution in [1.29, 1.82) is 0 Å². The number of benzene rings is 4. The Morgan fingerprint density at radius 2 is 1.66 bits per heavy atom. The maximum absolute atomic E-state index is 12.9. The summed E-state index contributed by atoms with van der Waals surface area (Å²) in [5.74, 6) is -0.124. The maximum Gasteiger partial charge on any atom is 0.339 e. The molecule has 4 aromatic rings. The summed E-state index contributed by atoms with van der Waals surface area (Å²) < 4.78 is 32.1. The molecular formula is C26H17BrN2O4S2. The van der Waals surface area contributed by atoms with Gasteiger partial charge in [0.1, 0.15) is 10.6 Å². The molecule has 1 amide bonds. The molecule has 1 saturated heterocycles. The number of nitrogens with one attached hydrogen (secondary N) is 1. The number of carbonyl (C=O) groups excluding carboxylic acids is 1. The van der Waals surface area contributed by atoms with E-state index in [0.717, 1.165) is 15.2 Å². The molecule has 1 heterocycles. The van der Waals surface area contributed by atoms with Crippen LogP contribution in [0.1, 0.15) is 5.56 Å². The van der Waals surface area contributed by atoms with Crippen molar-refractivity contribution in [3.8, 4) is 5.75 Å². The van der Waals surface area contributed by atoms with Crippen LogP contribution < -0.4 is 9.50 Å². The summed E-state index contributed by atoms with van der Waals surface area (Å²) in [6, 6.07) is 26.3. The predicted octanol–water partition coefficient (Wildman–Crippen LogP) is 6.26. The fourth-order valence-corrected chi connectivity index (χ4v) is 5.48. The molecule has 4 aromatic carbocycles. The number of nitrogens with zero attached hydrogens (tertiary/aromatic N) is 1. The van der Waals surface area contributed by atoms with Gasteiger partial charge in [-0.2, -0.15) is 8.42 Å². The Balaban J connectivity index is 1.35. The fraction of sp³-hybridized carbons (Fsp3) is 0. The Hall–Kier alpha value is -3.40. The van der Waals surface area contributed by atoms with Crippen molar-refractivity contribution in [2.75, 3.05) is 0 Å². The van der Waals surface area contributed by atoms with E-state index in [1.54, 1.807) is 42.5 Å². The number of hydrogen-bond acceptors (Lipinski definition) is 6. The topological polar surface area (TPSA) is 84.8 Å². The zero-order valence-electron chi connectivity index (χ0n) is 18.0. The van der Waals surface area contributed by atoms with Gasteiger partial charge in [0.15, 0.2) is 5.17 Å². The van der Waals surface area contributed by atoms with Crippen molar-refractivity contribution in [2.45, 2.75) is 4.90 Å². The van der Waals surface area contributed by atoms with E-state index in [1.165, 1.54) is 17.8 Å². The third-order valence-corrected chi connectivity index (χ3v) is 7.76. The Kier molecular flexibility index (Phi) is 6.46. The minimum atomic E-state index is -4.03. The molecule has 0 atom stereocenters. The molecule has 1 N–H and O–H groups in total. The number of thioether (sulfide) groups is 1. The Morgan fingerprint density at radius 3 is 2.46 bits per heavy atom. The van der Waals surface area contributed by atoms with Gasteiger partial charge in [0.25, 0.3) is 5.91 Å². The van der Waals surface area contributed by atoms with Crippen LogP contribution in [0.5, 0.6) is 5.75 Å². The van der Waals surface area contributed by atoms with E-state index in [0.29, 0.717) is 21.3 Å². The lowest BCUT2D eigenvalue weighted by Crippen LogP contribution is -2.19. The van der Waals surface area contributed by atoms with E-state index < -0.39 is 10.1 Å². The second-order valence-corrected chi connectivity index (χ2v) is 11.1. The molecule has 0 spiro atoms. The molecule has 0 aromatic heterocycles. The molecule has 6 nitrogen and oxygen atoms in total. The molecule has 9 heteroatoms. The average Bonchev–Trinajstić information content (AvgIpc) is 3.18. The number of hydrogen-bond donors (Lipinski definition) is 1. The monoisotopic (exact) mass is 564 g/mol. The van der Waals surface area contributed by atoms with Gasteiger partial charge in [0, 0.05) is 4.47 Å². The summed E-state index contributed by atoms with van der Waals surface area (Å²) in [6.07, 6.45) is 1.67. The number of amidine groups is 1. The van der Waals surface area contributed by atoms with E-state index in [4.69, 9.17) is 4.18 Å². The van der Waals surface area contributed by atoms with Gasteiger partial charge in [0.05, 0.1) is 10.6 Å².